The van der Waals surface area contributed by atoms with Crippen LogP contribution >= 0.6 is 0 Å². The molecule has 0 aliphatic carbocycles. The Labute approximate surface area is 157 Å². The van der Waals surface area contributed by atoms with Gasteiger partial charge in [0.15, 0.2) is 0 Å². The minimum atomic E-state index is -0.441. The van der Waals surface area contributed by atoms with E-state index in [1.807, 2.05) is 50.2 Å². The van der Waals surface area contributed by atoms with Crippen LogP contribution in [0.25, 0.3) is 0 Å². The number of nitro groups is 1. The first kappa shape index (κ1) is 18.1. The molecule has 0 saturated carbocycles. The van der Waals surface area contributed by atoms with Gasteiger partial charge in [0.25, 0.3) is 5.69 Å². The summed E-state index contributed by atoms with van der Waals surface area (Å²) in [6.07, 6.45) is 1.64. The highest BCUT2D eigenvalue weighted by Crippen LogP contribution is 2.26. The summed E-state index contributed by atoms with van der Waals surface area (Å²) in [7, 11) is 0. The summed E-state index contributed by atoms with van der Waals surface area (Å²) in [5.74, 6) is 1.58. The van der Waals surface area contributed by atoms with Gasteiger partial charge in [-0.1, -0.05) is 18.2 Å². The molecule has 0 unspecified atom stereocenters. The fraction of sp³-hybridized carbons (Fsp3) is 0.0952. The number of hydrazone groups is 1. The van der Waals surface area contributed by atoms with Gasteiger partial charge in [0.1, 0.15) is 11.5 Å². The lowest BCUT2D eigenvalue weighted by molar-refractivity contribution is -0.384. The number of ether oxygens (including phenoxy) is 1. The second kappa shape index (κ2) is 8.14. The molecule has 3 rings (SSSR count). The van der Waals surface area contributed by atoms with Gasteiger partial charge < -0.3 is 4.74 Å². The third-order valence-corrected chi connectivity index (χ3v) is 3.92. The maximum atomic E-state index is 10.8. The third-order valence-electron chi connectivity index (χ3n) is 3.92. The molecule has 0 spiro atoms. The van der Waals surface area contributed by atoms with Crippen LogP contribution in [0.4, 0.5) is 11.4 Å². The number of rotatable bonds is 6. The predicted octanol–water partition coefficient (Wildman–Crippen LogP) is 5.45. The van der Waals surface area contributed by atoms with Crippen LogP contribution in [0.5, 0.6) is 11.5 Å². The summed E-state index contributed by atoms with van der Waals surface area (Å²) in [6, 6.07) is 19.8. The van der Waals surface area contributed by atoms with E-state index in [1.165, 1.54) is 12.1 Å². The molecule has 136 valence electrons. The molecule has 3 aromatic rings. The van der Waals surface area contributed by atoms with Crippen LogP contribution < -0.4 is 10.2 Å². The van der Waals surface area contributed by atoms with Gasteiger partial charge in [-0.2, -0.15) is 5.10 Å². The zero-order valence-electron chi connectivity index (χ0n) is 15.0. The molecule has 0 saturated heterocycles. The van der Waals surface area contributed by atoms with Gasteiger partial charge in [-0.3, -0.25) is 15.5 Å². The topological polar surface area (TPSA) is 76.8 Å². The zero-order chi connectivity index (χ0) is 19.2. The number of nitro benzene ring substituents is 1. The molecule has 6 nitrogen and oxygen atoms in total. The van der Waals surface area contributed by atoms with Gasteiger partial charge >= 0.3 is 0 Å². The van der Waals surface area contributed by atoms with Crippen molar-refractivity contribution in [3.8, 4) is 11.5 Å². The summed E-state index contributed by atoms with van der Waals surface area (Å²) >= 11 is 0. The Hall–Kier alpha value is -3.67. The van der Waals surface area contributed by atoms with E-state index in [9.17, 15) is 10.1 Å². The van der Waals surface area contributed by atoms with E-state index in [4.69, 9.17) is 4.74 Å². The average Bonchev–Trinajstić information content (AvgIpc) is 2.66. The highest BCUT2D eigenvalue weighted by molar-refractivity contribution is 5.80. The van der Waals surface area contributed by atoms with Crippen molar-refractivity contribution < 1.29 is 9.66 Å². The molecule has 1 N–H and O–H groups in total. The summed E-state index contributed by atoms with van der Waals surface area (Å²) in [5.41, 5.74) is 6.46. The van der Waals surface area contributed by atoms with Crippen LogP contribution in [0.2, 0.25) is 0 Å². The van der Waals surface area contributed by atoms with Crippen LogP contribution in [-0.2, 0) is 0 Å². The van der Waals surface area contributed by atoms with Crippen LogP contribution in [-0.4, -0.2) is 11.1 Å². The van der Waals surface area contributed by atoms with Crippen molar-refractivity contribution in [3.63, 3.8) is 0 Å². The van der Waals surface area contributed by atoms with Gasteiger partial charge in [0.05, 0.1) is 16.8 Å². The summed E-state index contributed by atoms with van der Waals surface area (Å²) in [4.78, 5) is 10.3. The van der Waals surface area contributed by atoms with Crippen LogP contribution in [0.1, 0.15) is 16.7 Å². The third kappa shape index (κ3) is 4.92. The quantitative estimate of drug-likeness (QED) is 0.360. The maximum Gasteiger partial charge on any atom is 0.271 e. The molecule has 0 aromatic heterocycles. The number of nitrogens with one attached hydrogen (secondary N) is 1. The first-order valence-electron chi connectivity index (χ1n) is 8.40. The average molecular weight is 361 g/mol. The van der Waals surface area contributed by atoms with E-state index in [-0.39, 0.29) is 5.69 Å². The molecule has 0 bridgehead atoms. The lowest BCUT2D eigenvalue weighted by Gasteiger charge is -2.09. The van der Waals surface area contributed by atoms with Gasteiger partial charge in [0, 0.05) is 12.1 Å². The molecule has 0 aliphatic heterocycles. The van der Waals surface area contributed by atoms with Crippen molar-refractivity contribution in [2.24, 2.45) is 5.10 Å². The molecule has 27 heavy (non-hydrogen) atoms. The van der Waals surface area contributed by atoms with Crippen LogP contribution in [0.15, 0.2) is 71.8 Å². The Kier molecular flexibility index (Phi) is 5.47. The normalized spacial score (nSPS) is 10.7. The first-order chi connectivity index (χ1) is 13.0. The second-order valence-corrected chi connectivity index (χ2v) is 6.12. The minimum Gasteiger partial charge on any atom is -0.457 e. The molecular weight excluding hydrogens is 342 g/mol. The molecular formula is C21H19N3O3. The van der Waals surface area contributed by atoms with Crippen molar-refractivity contribution in [2.45, 2.75) is 13.8 Å². The largest absolute Gasteiger partial charge is 0.457 e. The molecule has 0 amide bonds. The van der Waals surface area contributed by atoms with E-state index in [0.29, 0.717) is 5.69 Å². The number of hydrogen-bond donors (Lipinski definition) is 1. The standard InChI is InChI=1S/C21H19N3O3/c1-15-6-7-16(2)21(12-15)27-20-10-8-17(9-11-20)14-22-23-18-4-3-5-19(13-18)24(25)26/h3-14,23H,1-2H3. The number of non-ortho nitro benzene ring substituents is 1. The minimum absolute atomic E-state index is 0.0168. The fourth-order valence-corrected chi connectivity index (χ4v) is 2.44. The smallest absolute Gasteiger partial charge is 0.271 e. The Morgan fingerprint density at radius 3 is 2.56 bits per heavy atom. The number of benzene rings is 3. The Morgan fingerprint density at radius 2 is 1.81 bits per heavy atom. The van der Waals surface area contributed by atoms with E-state index < -0.39 is 4.92 Å². The second-order valence-electron chi connectivity index (χ2n) is 6.12. The van der Waals surface area contributed by atoms with Gasteiger partial charge in [-0.25, -0.2) is 0 Å². The maximum absolute atomic E-state index is 10.8. The Bertz CT molecular complexity index is 982. The van der Waals surface area contributed by atoms with Crippen molar-refractivity contribution in [2.75, 3.05) is 5.43 Å². The van der Waals surface area contributed by atoms with E-state index >= 15 is 0 Å². The Morgan fingerprint density at radius 1 is 1.04 bits per heavy atom. The van der Waals surface area contributed by atoms with Crippen LogP contribution in [0.3, 0.4) is 0 Å². The van der Waals surface area contributed by atoms with Crippen molar-refractivity contribution >= 4 is 17.6 Å². The Balaban J connectivity index is 1.63. The number of anilines is 1. The molecule has 0 atom stereocenters. The predicted molar refractivity (Wildman–Crippen MR) is 107 cm³/mol. The number of nitrogens with zero attached hydrogens (tertiary/aromatic N) is 2. The van der Waals surface area contributed by atoms with E-state index in [2.05, 4.69) is 16.6 Å². The lowest BCUT2D eigenvalue weighted by atomic mass is 10.1. The molecule has 3 aromatic carbocycles. The van der Waals surface area contributed by atoms with Crippen molar-refractivity contribution in [1.82, 2.24) is 0 Å². The van der Waals surface area contributed by atoms with Crippen molar-refractivity contribution in [3.05, 3.63) is 93.5 Å². The highest BCUT2D eigenvalue weighted by atomic mass is 16.6. The van der Waals surface area contributed by atoms with Crippen molar-refractivity contribution in [1.29, 1.82) is 0 Å². The molecule has 6 heteroatoms. The van der Waals surface area contributed by atoms with Gasteiger partial charge in [-0.05, 0) is 66.9 Å². The number of hydrogen-bond acceptors (Lipinski definition) is 5. The van der Waals surface area contributed by atoms with E-state index in [0.717, 1.165) is 28.2 Å². The monoisotopic (exact) mass is 361 g/mol. The van der Waals surface area contributed by atoms with Crippen LogP contribution in [0, 0.1) is 24.0 Å². The molecule has 0 heterocycles. The fourth-order valence-electron chi connectivity index (χ4n) is 2.44. The zero-order valence-corrected chi connectivity index (χ0v) is 15.0. The van der Waals surface area contributed by atoms with Gasteiger partial charge in [0.2, 0.25) is 0 Å². The number of aryl methyl sites for hydroxylation is 2. The summed E-state index contributed by atoms with van der Waals surface area (Å²) in [5, 5.41) is 14.9. The first-order valence-corrected chi connectivity index (χ1v) is 8.40. The molecule has 0 radical (unpaired) electrons. The van der Waals surface area contributed by atoms with E-state index in [1.54, 1.807) is 18.3 Å². The summed E-state index contributed by atoms with van der Waals surface area (Å²) in [6.45, 7) is 4.04. The summed E-state index contributed by atoms with van der Waals surface area (Å²) < 4.78 is 5.93. The SMILES string of the molecule is Cc1ccc(C)c(Oc2ccc(C=NNc3cccc([N+](=O)[O-])c3)cc2)c1. The van der Waals surface area contributed by atoms with Gasteiger partial charge in [-0.15, -0.1) is 0 Å². The molecule has 0 aliphatic rings. The highest BCUT2D eigenvalue weighted by Gasteiger charge is 2.05. The lowest BCUT2D eigenvalue weighted by Crippen LogP contribution is -1.93. The molecule has 0 fully saturated rings.